The molecule has 2 amide bonds. The first-order valence-corrected chi connectivity index (χ1v) is 8.48. The molecule has 0 spiro atoms. The Labute approximate surface area is 147 Å². The fourth-order valence-electron chi connectivity index (χ4n) is 3.27. The van der Waals surface area contributed by atoms with Gasteiger partial charge in [0, 0.05) is 13.1 Å². The Kier molecular flexibility index (Phi) is 5.14. The molecule has 1 aliphatic heterocycles. The third kappa shape index (κ3) is 4.06. The van der Waals surface area contributed by atoms with Gasteiger partial charge in [-0.2, -0.15) is 0 Å². The van der Waals surface area contributed by atoms with Crippen molar-refractivity contribution >= 4 is 11.8 Å². The Morgan fingerprint density at radius 1 is 1.16 bits per heavy atom. The number of nitrogens with zero attached hydrogens (tertiary/aromatic N) is 1. The van der Waals surface area contributed by atoms with E-state index in [-0.39, 0.29) is 12.5 Å². The van der Waals surface area contributed by atoms with E-state index < -0.39 is 11.9 Å². The zero-order chi connectivity index (χ0) is 17.8. The maximum atomic E-state index is 12.3. The van der Waals surface area contributed by atoms with Crippen LogP contribution in [0.5, 0.6) is 0 Å². The van der Waals surface area contributed by atoms with Gasteiger partial charge in [0.15, 0.2) is 0 Å². The normalized spacial score (nSPS) is 16.9. The quantitative estimate of drug-likeness (QED) is 0.872. The topological polar surface area (TPSA) is 75.4 Å². The van der Waals surface area contributed by atoms with Gasteiger partial charge in [0.2, 0.25) is 11.8 Å². The van der Waals surface area contributed by atoms with Crippen molar-refractivity contribution < 1.29 is 9.59 Å². The molecule has 0 aliphatic carbocycles. The summed E-state index contributed by atoms with van der Waals surface area (Å²) in [4.78, 5) is 26.2. The molecule has 1 heterocycles. The summed E-state index contributed by atoms with van der Waals surface area (Å²) in [6.45, 7) is 3.31. The number of carbonyl (C=O) groups is 2. The first-order chi connectivity index (χ1) is 12.0. The molecule has 0 radical (unpaired) electrons. The number of nitrogens with one attached hydrogen (secondary N) is 1. The molecule has 0 saturated carbocycles. The Morgan fingerprint density at radius 3 is 2.60 bits per heavy atom. The molecule has 3 rings (SSSR count). The van der Waals surface area contributed by atoms with Gasteiger partial charge < -0.3 is 11.1 Å². The lowest BCUT2D eigenvalue weighted by atomic mass is 9.92. The molecule has 2 aromatic rings. The van der Waals surface area contributed by atoms with Crippen LogP contribution in [0.1, 0.15) is 28.3 Å². The Hall–Kier alpha value is -2.66. The van der Waals surface area contributed by atoms with Crippen molar-refractivity contribution in [3.63, 3.8) is 0 Å². The van der Waals surface area contributed by atoms with Gasteiger partial charge in [-0.15, -0.1) is 0 Å². The zero-order valence-electron chi connectivity index (χ0n) is 14.4. The summed E-state index contributed by atoms with van der Waals surface area (Å²) in [5.74, 6) is -0.523. The van der Waals surface area contributed by atoms with Gasteiger partial charge in [-0.05, 0) is 30.0 Å². The van der Waals surface area contributed by atoms with E-state index in [4.69, 9.17) is 5.73 Å². The van der Waals surface area contributed by atoms with E-state index in [0.29, 0.717) is 13.1 Å². The third-order valence-electron chi connectivity index (χ3n) is 4.61. The van der Waals surface area contributed by atoms with Crippen LogP contribution in [0.4, 0.5) is 0 Å². The van der Waals surface area contributed by atoms with Crippen molar-refractivity contribution in [3.8, 4) is 0 Å². The van der Waals surface area contributed by atoms with Crippen molar-refractivity contribution in [3.05, 3.63) is 70.8 Å². The number of carbonyl (C=O) groups excluding carboxylic acids is 2. The smallest absolute Gasteiger partial charge is 0.239 e. The number of hydrogen-bond acceptors (Lipinski definition) is 3. The van der Waals surface area contributed by atoms with Gasteiger partial charge in [-0.25, -0.2) is 0 Å². The maximum Gasteiger partial charge on any atom is 0.239 e. The molecule has 1 atom stereocenters. The van der Waals surface area contributed by atoms with Crippen molar-refractivity contribution in [2.75, 3.05) is 13.1 Å². The number of amides is 2. The van der Waals surface area contributed by atoms with Gasteiger partial charge in [0.1, 0.15) is 6.04 Å². The van der Waals surface area contributed by atoms with Crippen LogP contribution in [0.2, 0.25) is 0 Å². The van der Waals surface area contributed by atoms with E-state index in [1.807, 2.05) is 60.4 Å². The standard InChI is InChI=1S/C20H23N3O2/c1-14-6-8-15(9-7-14)12-22-18(24)13-23-11-10-16-4-2-3-5-17(16)19(23)20(21)25/h2-9,19H,10-13H2,1H3,(H2,21,25)(H,22,24). The first-order valence-electron chi connectivity index (χ1n) is 8.48. The summed E-state index contributed by atoms with van der Waals surface area (Å²) in [7, 11) is 0. The predicted octanol–water partition coefficient (Wildman–Crippen LogP) is 1.70. The van der Waals surface area contributed by atoms with E-state index in [0.717, 1.165) is 23.1 Å². The van der Waals surface area contributed by atoms with Gasteiger partial charge in [-0.1, -0.05) is 54.1 Å². The summed E-state index contributed by atoms with van der Waals surface area (Å²) >= 11 is 0. The van der Waals surface area contributed by atoms with Crippen LogP contribution in [0.25, 0.3) is 0 Å². The first kappa shape index (κ1) is 17.2. The fraction of sp³-hybridized carbons (Fsp3) is 0.300. The fourth-order valence-corrected chi connectivity index (χ4v) is 3.27. The van der Waals surface area contributed by atoms with Crippen molar-refractivity contribution in [2.24, 2.45) is 5.73 Å². The summed E-state index contributed by atoms with van der Waals surface area (Å²) in [6, 6.07) is 15.3. The van der Waals surface area contributed by atoms with Crippen LogP contribution in [0, 0.1) is 6.92 Å². The highest BCUT2D eigenvalue weighted by Crippen LogP contribution is 2.29. The Balaban J connectivity index is 1.64. The minimum atomic E-state index is -0.546. The molecule has 0 aromatic heterocycles. The van der Waals surface area contributed by atoms with Crippen molar-refractivity contribution in [2.45, 2.75) is 25.9 Å². The number of nitrogens with two attached hydrogens (primary N) is 1. The third-order valence-corrected chi connectivity index (χ3v) is 4.61. The van der Waals surface area contributed by atoms with Gasteiger partial charge in [-0.3, -0.25) is 14.5 Å². The summed E-state index contributed by atoms with van der Waals surface area (Å²) in [5, 5.41) is 2.92. The zero-order valence-corrected chi connectivity index (χ0v) is 14.4. The van der Waals surface area contributed by atoms with E-state index in [2.05, 4.69) is 5.32 Å². The minimum Gasteiger partial charge on any atom is -0.368 e. The minimum absolute atomic E-state index is 0.105. The number of primary amides is 1. The van der Waals surface area contributed by atoms with E-state index >= 15 is 0 Å². The number of hydrogen-bond donors (Lipinski definition) is 2. The van der Waals surface area contributed by atoms with E-state index in [9.17, 15) is 9.59 Å². The van der Waals surface area contributed by atoms with Crippen molar-refractivity contribution in [1.82, 2.24) is 10.2 Å². The lowest BCUT2D eigenvalue weighted by molar-refractivity contribution is -0.127. The summed E-state index contributed by atoms with van der Waals surface area (Å²) in [6.07, 6.45) is 0.811. The molecule has 0 bridgehead atoms. The predicted molar refractivity (Wildman–Crippen MR) is 96.7 cm³/mol. The van der Waals surface area contributed by atoms with Gasteiger partial charge in [0.25, 0.3) is 0 Å². The molecule has 1 unspecified atom stereocenters. The van der Waals surface area contributed by atoms with E-state index in [1.165, 1.54) is 5.56 Å². The van der Waals surface area contributed by atoms with Crippen LogP contribution in [-0.2, 0) is 22.6 Å². The molecule has 3 N–H and O–H groups in total. The van der Waals surface area contributed by atoms with Crippen LogP contribution in [-0.4, -0.2) is 29.8 Å². The second kappa shape index (κ2) is 7.49. The largest absolute Gasteiger partial charge is 0.368 e. The lowest BCUT2D eigenvalue weighted by Gasteiger charge is -2.34. The highest BCUT2D eigenvalue weighted by Gasteiger charge is 2.32. The molecule has 5 nitrogen and oxygen atoms in total. The Bertz CT molecular complexity index is 771. The maximum absolute atomic E-state index is 12.3. The molecular weight excluding hydrogens is 314 g/mol. The highest BCUT2D eigenvalue weighted by atomic mass is 16.2. The number of benzene rings is 2. The highest BCUT2D eigenvalue weighted by molar-refractivity contribution is 5.84. The Morgan fingerprint density at radius 2 is 1.88 bits per heavy atom. The average molecular weight is 337 g/mol. The molecule has 2 aromatic carbocycles. The van der Waals surface area contributed by atoms with E-state index in [1.54, 1.807) is 0 Å². The van der Waals surface area contributed by atoms with Gasteiger partial charge in [0.05, 0.1) is 6.54 Å². The SMILES string of the molecule is Cc1ccc(CNC(=O)CN2CCc3ccccc3C2C(N)=O)cc1. The number of rotatable bonds is 5. The molecule has 0 saturated heterocycles. The summed E-state index contributed by atoms with van der Waals surface area (Å²) in [5.41, 5.74) is 9.89. The molecule has 130 valence electrons. The van der Waals surface area contributed by atoms with Gasteiger partial charge >= 0.3 is 0 Å². The number of fused-ring (bicyclic) bond motifs is 1. The monoisotopic (exact) mass is 337 g/mol. The molecule has 1 aliphatic rings. The molecule has 0 fully saturated rings. The van der Waals surface area contributed by atoms with Crippen LogP contribution in [0.3, 0.4) is 0 Å². The van der Waals surface area contributed by atoms with Crippen LogP contribution < -0.4 is 11.1 Å². The number of aryl methyl sites for hydroxylation is 1. The summed E-state index contributed by atoms with van der Waals surface area (Å²) < 4.78 is 0. The molecule has 5 heteroatoms. The average Bonchev–Trinajstić information content (AvgIpc) is 2.60. The second-order valence-corrected chi connectivity index (χ2v) is 6.49. The molecular formula is C20H23N3O2. The van der Waals surface area contributed by atoms with Crippen molar-refractivity contribution in [1.29, 1.82) is 0 Å². The second-order valence-electron chi connectivity index (χ2n) is 6.49. The molecule has 25 heavy (non-hydrogen) atoms. The lowest BCUT2D eigenvalue weighted by Crippen LogP contribution is -2.46. The van der Waals surface area contributed by atoms with Crippen LogP contribution >= 0.6 is 0 Å². The van der Waals surface area contributed by atoms with Crippen LogP contribution in [0.15, 0.2) is 48.5 Å².